The van der Waals surface area contributed by atoms with Gasteiger partial charge >= 0.3 is 0 Å². The van der Waals surface area contributed by atoms with Gasteiger partial charge in [0.25, 0.3) is 5.91 Å². The molecule has 2 heterocycles. The van der Waals surface area contributed by atoms with Gasteiger partial charge in [-0.25, -0.2) is 0 Å². The van der Waals surface area contributed by atoms with Gasteiger partial charge in [-0.15, -0.1) is 22.7 Å². The summed E-state index contributed by atoms with van der Waals surface area (Å²) in [5.41, 5.74) is 1.21. The Labute approximate surface area is 132 Å². The summed E-state index contributed by atoms with van der Waals surface area (Å²) in [5.74, 6) is -0.0483. The Hall–Kier alpha value is -1.66. The van der Waals surface area contributed by atoms with Crippen LogP contribution in [0.1, 0.15) is 33.0 Å². The molecular formula is C15H18N2O2S2. The number of rotatable bonds is 7. The predicted octanol–water partition coefficient (Wildman–Crippen LogP) is 2.94. The van der Waals surface area contributed by atoms with Crippen molar-refractivity contribution in [2.24, 2.45) is 0 Å². The van der Waals surface area contributed by atoms with Crippen LogP contribution in [0.5, 0.6) is 0 Å². The monoisotopic (exact) mass is 322 g/mol. The second kappa shape index (κ2) is 7.95. The molecule has 0 atom stereocenters. The fourth-order valence-corrected chi connectivity index (χ4v) is 3.28. The molecule has 4 nitrogen and oxygen atoms in total. The molecule has 112 valence electrons. The van der Waals surface area contributed by atoms with Crippen LogP contribution in [0.2, 0.25) is 0 Å². The highest BCUT2D eigenvalue weighted by Gasteiger charge is 2.07. The maximum absolute atomic E-state index is 11.7. The van der Waals surface area contributed by atoms with Crippen LogP contribution in [0.15, 0.2) is 29.0 Å². The van der Waals surface area contributed by atoms with E-state index in [1.807, 2.05) is 29.8 Å². The minimum absolute atomic E-state index is 0.0215. The summed E-state index contributed by atoms with van der Waals surface area (Å²) >= 11 is 3.06. The van der Waals surface area contributed by atoms with E-state index >= 15 is 0 Å². The minimum atomic E-state index is -0.0698. The molecule has 2 aromatic rings. The molecule has 0 fully saturated rings. The molecule has 0 saturated carbocycles. The lowest BCUT2D eigenvalue weighted by Gasteiger charge is -2.06. The molecule has 0 bridgehead atoms. The number of hydrogen-bond donors (Lipinski definition) is 2. The average Bonchev–Trinajstić information content (AvgIpc) is 3.12. The molecule has 0 aliphatic rings. The highest BCUT2D eigenvalue weighted by Crippen LogP contribution is 2.14. The van der Waals surface area contributed by atoms with E-state index in [9.17, 15) is 9.59 Å². The number of carbonyl (C=O) groups is 2. The molecule has 6 heteroatoms. The number of carbonyl (C=O) groups excluding carboxylic acids is 2. The molecular weight excluding hydrogens is 304 g/mol. The van der Waals surface area contributed by atoms with Gasteiger partial charge in [-0.1, -0.05) is 6.07 Å². The molecule has 0 aliphatic carbocycles. The molecule has 0 saturated heterocycles. The lowest BCUT2D eigenvalue weighted by atomic mass is 10.2. The molecule has 0 radical (unpaired) electrons. The van der Waals surface area contributed by atoms with E-state index in [4.69, 9.17) is 0 Å². The van der Waals surface area contributed by atoms with Crippen LogP contribution >= 0.6 is 22.7 Å². The summed E-state index contributed by atoms with van der Waals surface area (Å²) in [4.78, 5) is 25.3. The number of nitrogens with one attached hydrogen (secondary N) is 2. The summed E-state index contributed by atoms with van der Waals surface area (Å²) in [6.07, 6.45) is 1.07. The highest BCUT2D eigenvalue weighted by molar-refractivity contribution is 7.12. The zero-order chi connectivity index (χ0) is 15.1. The first-order valence-electron chi connectivity index (χ1n) is 6.78. The summed E-state index contributed by atoms with van der Waals surface area (Å²) < 4.78 is 0. The molecule has 0 unspecified atom stereocenters. The summed E-state index contributed by atoms with van der Waals surface area (Å²) in [7, 11) is 0. The zero-order valence-electron chi connectivity index (χ0n) is 11.8. The van der Waals surface area contributed by atoms with Gasteiger partial charge in [0.05, 0.1) is 11.4 Å². The quantitative estimate of drug-likeness (QED) is 0.770. The Morgan fingerprint density at radius 2 is 2.00 bits per heavy atom. The number of hydrogen-bond acceptors (Lipinski definition) is 4. The molecule has 0 aromatic carbocycles. The van der Waals surface area contributed by atoms with Crippen molar-refractivity contribution in [3.05, 3.63) is 44.3 Å². The fourth-order valence-electron chi connectivity index (χ4n) is 1.80. The summed E-state index contributed by atoms with van der Waals surface area (Å²) in [5, 5.41) is 9.61. The van der Waals surface area contributed by atoms with E-state index in [2.05, 4.69) is 10.6 Å². The van der Waals surface area contributed by atoms with Crippen LogP contribution in [-0.4, -0.2) is 18.4 Å². The van der Waals surface area contributed by atoms with Crippen LogP contribution in [0.25, 0.3) is 0 Å². The van der Waals surface area contributed by atoms with Crippen molar-refractivity contribution < 1.29 is 9.59 Å². The Kier molecular flexibility index (Phi) is 5.95. The molecule has 2 amide bonds. The molecule has 2 aromatic heterocycles. The Morgan fingerprint density at radius 3 is 2.67 bits per heavy atom. The number of aryl methyl sites for hydroxylation is 1. The smallest absolute Gasteiger partial charge is 0.261 e. The Bertz CT molecular complexity index is 591. The van der Waals surface area contributed by atoms with Gasteiger partial charge in [-0.05, 0) is 41.8 Å². The van der Waals surface area contributed by atoms with Gasteiger partial charge < -0.3 is 10.6 Å². The van der Waals surface area contributed by atoms with Crippen LogP contribution in [-0.2, 0) is 11.3 Å². The maximum atomic E-state index is 11.7. The van der Waals surface area contributed by atoms with Crippen LogP contribution < -0.4 is 10.6 Å². The predicted molar refractivity (Wildman–Crippen MR) is 86.8 cm³/mol. The van der Waals surface area contributed by atoms with Crippen molar-refractivity contribution >= 4 is 34.5 Å². The SMILES string of the molecule is Cc1ccsc1CNC(=O)CCCNC(=O)c1cccs1. The van der Waals surface area contributed by atoms with Gasteiger partial charge in [0.2, 0.25) is 5.91 Å². The first-order chi connectivity index (χ1) is 10.2. The third-order valence-electron chi connectivity index (χ3n) is 3.03. The second-order valence-corrected chi connectivity index (χ2v) is 6.59. The largest absolute Gasteiger partial charge is 0.351 e. The zero-order valence-corrected chi connectivity index (χ0v) is 13.5. The van der Waals surface area contributed by atoms with Crippen molar-refractivity contribution in [2.45, 2.75) is 26.3 Å². The van der Waals surface area contributed by atoms with E-state index in [0.717, 1.165) is 0 Å². The highest BCUT2D eigenvalue weighted by atomic mass is 32.1. The Balaban J connectivity index is 1.59. The molecule has 2 N–H and O–H groups in total. The maximum Gasteiger partial charge on any atom is 0.261 e. The van der Waals surface area contributed by atoms with Gasteiger partial charge in [0, 0.05) is 17.8 Å². The first kappa shape index (κ1) is 15.7. The van der Waals surface area contributed by atoms with Gasteiger partial charge in [-0.3, -0.25) is 9.59 Å². The fraction of sp³-hybridized carbons (Fsp3) is 0.333. The van der Waals surface area contributed by atoms with Gasteiger partial charge in [0.15, 0.2) is 0 Å². The van der Waals surface area contributed by atoms with E-state index in [1.165, 1.54) is 21.8 Å². The van der Waals surface area contributed by atoms with E-state index in [0.29, 0.717) is 30.8 Å². The Morgan fingerprint density at radius 1 is 1.14 bits per heavy atom. The standard InChI is InChI=1S/C15H18N2O2S2/c1-11-6-9-21-13(11)10-17-14(18)5-2-7-16-15(19)12-4-3-8-20-12/h3-4,6,8-9H,2,5,7,10H2,1H3,(H,16,19)(H,17,18). The van der Waals surface area contributed by atoms with E-state index in [1.54, 1.807) is 17.4 Å². The lowest BCUT2D eigenvalue weighted by Crippen LogP contribution is -2.26. The lowest BCUT2D eigenvalue weighted by molar-refractivity contribution is -0.121. The average molecular weight is 322 g/mol. The molecule has 2 rings (SSSR count). The topological polar surface area (TPSA) is 58.2 Å². The third kappa shape index (κ3) is 4.99. The van der Waals surface area contributed by atoms with E-state index < -0.39 is 0 Å². The minimum Gasteiger partial charge on any atom is -0.351 e. The first-order valence-corrected chi connectivity index (χ1v) is 8.54. The van der Waals surface area contributed by atoms with Crippen LogP contribution in [0, 0.1) is 6.92 Å². The van der Waals surface area contributed by atoms with Gasteiger partial charge in [-0.2, -0.15) is 0 Å². The third-order valence-corrected chi connectivity index (χ3v) is 4.92. The van der Waals surface area contributed by atoms with Crippen molar-refractivity contribution in [3.63, 3.8) is 0 Å². The normalized spacial score (nSPS) is 10.3. The van der Waals surface area contributed by atoms with E-state index in [-0.39, 0.29) is 11.8 Å². The molecule has 21 heavy (non-hydrogen) atoms. The van der Waals surface area contributed by atoms with Crippen LogP contribution in [0.4, 0.5) is 0 Å². The molecule has 0 aliphatic heterocycles. The second-order valence-electron chi connectivity index (χ2n) is 4.64. The van der Waals surface area contributed by atoms with Crippen molar-refractivity contribution in [1.82, 2.24) is 10.6 Å². The number of amides is 2. The van der Waals surface area contributed by atoms with Crippen LogP contribution in [0.3, 0.4) is 0 Å². The molecule has 0 spiro atoms. The van der Waals surface area contributed by atoms with Crippen molar-refractivity contribution in [2.75, 3.05) is 6.54 Å². The van der Waals surface area contributed by atoms with Gasteiger partial charge in [0.1, 0.15) is 0 Å². The number of thiophene rings is 2. The summed E-state index contributed by atoms with van der Waals surface area (Å²) in [6.45, 7) is 3.14. The van der Waals surface area contributed by atoms with Crippen molar-refractivity contribution in [1.29, 1.82) is 0 Å². The summed E-state index contributed by atoms with van der Waals surface area (Å²) in [6, 6.07) is 5.68. The van der Waals surface area contributed by atoms with Crippen molar-refractivity contribution in [3.8, 4) is 0 Å².